The van der Waals surface area contributed by atoms with Crippen LogP contribution in [-0.4, -0.2) is 17.5 Å². The van der Waals surface area contributed by atoms with E-state index >= 15 is 0 Å². The molecule has 0 bridgehead atoms. The number of amides is 1. The second kappa shape index (κ2) is 8.64. The van der Waals surface area contributed by atoms with Crippen LogP contribution in [0.1, 0.15) is 23.7 Å². The summed E-state index contributed by atoms with van der Waals surface area (Å²) in [5.74, 6) is -0.237. The molecule has 1 N–H and O–H groups in total. The highest BCUT2D eigenvalue weighted by Gasteiger charge is 2.14. The highest BCUT2D eigenvalue weighted by atomic mass is 35.5. The number of carbonyl (C=O) groups is 1. The van der Waals surface area contributed by atoms with E-state index in [-0.39, 0.29) is 11.1 Å². The summed E-state index contributed by atoms with van der Waals surface area (Å²) in [6.07, 6.45) is 2.46. The molecule has 0 spiro atoms. The Morgan fingerprint density at radius 3 is 2.63 bits per heavy atom. The summed E-state index contributed by atoms with van der Waals surface area (Å²) < 4.78 is 20.0. The number of rotatable bonds is 6. The molecule has 0 fully saturated rings. The van der Waals surface area contributed by atoms with Gasteiger partial charge in [-0.25, -0.2) is 4.39 Å². The molecule has 1 heterocycles. The topological polar surface area (TPSA) is 51.2 Å². The number of nitrogens with zero attached hydrogens (tertiary/aromatic N) is 1. The monoisotopic (exact) mass is 384 g/mol. The van der Waals surface area contributed by atoms with Crippen molar-refractivity contribution in [2.24, 2.45) is 0 Å². The average Bonchev–Trinajstić information content (AvgIpc) is 2.68. The summed E-state index contributed by atoms with van der Waals surface area (Å²) in [7, 11) is 0. The summed E-state index contributed by atoms with van der Waals surface area (Å²) in [6, 6.07) is 14.5. The molecular formula is C21H18ClFN2O2. The van der Waals surface area contributed by atoms with Crippen LogP contribution in [0.2, 0.25) is 5.02 Å². The van der Waals surface area contributed by atoms with Gasteiger partial charge in [-0.15, -0.1) is 0 Å². The summed E-state index contributed by atoms with van der Waals surface area (Å²) in [4.78, 5) is 16.5. The number of benzene rings is 2. The molecule has 0 aliphatic rings. The van der Waals surface area contributed by atoms with Crippen LogP contribution in [-0.2, 0) is 0 Å². The molecule has 0 radical (unpaired) electrons. The van der Waals surface area contributed by atoms with Gasteiger partial charge in [-0.3, -0.25) is 9.78 Å². The number of anilines is 1. The van der Waals surface area contributed by atoms with Crippen LogP contribution in [0.3, 0.4) is 0 Å². The highest BCUT2D eigenvalue weighted by Crippen LogP contribution is 2.28. The first-order valence-corrected chi connectivity index (χ1v) is 8.91. The highest BCUT2D eigenvalue weighted by molar-refractivity contribution is 6.33. The molecule has 6 heteroatoms. The molecule has 0 aliphatic heterocycles. The maximum atomic E-state index is 14.5. The standard InChI is InChI=1S/C21H18ClFN2O2/c1-2-12-27-16-8-6-15(7-9-16)25-21(26)14-5-10-17(19(23)13-14)20-18(22)4-3-11-24-20/h3-11,13H,2,12H2,1H3,(H,25,26). The third kappa shape index (κ3) is 4.63. The lowest BCUT2D eigenvalue weighted by molar-refractivity contribution is 0.102. The van der Waals surface area contributed by atoms with Gasteiger partial charge >= 0.3 is 0 Å². The van der Waals surface area contributed by atoms with Crippen LogP contribution in [0.5, 0.6) is 5.75 Å². The van der Waals surface area contributed by atoms with Crippen molar-refractivity contribution in [3.05, 3.63) is 77.2 Å². The van der Waals surface area contributed by atoms with Crippen LogP contribution in [0.4, 0.5) is 10.1 Å². The summed E-state index contributed by atoms with van der Waals surface area (Å²) >= 11 is 6.07. The fraction of sp³-hybridized carbons (Fsp3) is 0.143. The van der Waals surface area contributed by atoms with E-state index in [1.807, 2.05) is 6.92 Å². The molecule has 27 heavy (non-hydrogen) atoms. The molecule has 0 saturated heterocycles. The molecule has 0 atom stereocenters. The second-order valence-corrected chi connectivity index (χ2v) is 6.26. The quantitative estimate of drug-likeness (QED) is 0.603. The summed E-state index contributed by atoms with van der Waals surface area (Å²) in [5.41, 5.74) is 1.39. The van der Waals surface area contributed by atoms with E-state index in [2.05, 4.69) is 10.3 Å². The zero-order chi connectivity index (χ0) is 19.2. The maximum Gasteiger partial charge on any atom is 0.255 e. The number of hydrogen-bond donors (Lipinski definition) is 1. The average molecular weight is 385 g/mol. The van der Waals surface area contributed by atoms with Gasteiger partial charge in [0.25, 0.3) is 5.91 Å². The van der Waals surface area contributed by atoms with Crippen molar-refractivity contribution in [1.82, 2.24) is 4.98 Å². The normalized spacial score (nSPS) is 10.5. The minimum absolute atomic E-state index is 0.203. The first kappa shape index (κ1) is 18.9. The molecular weight excluding hydrogens is 367 g/mol. The Morgan fingerprint density at radius 1 is 1.19 bits per heavy atom. The van der Waals surface area contributed by atoms with Gasteiger partial charge in [0.05, 0.1) is 17.3 Å². The molecule has 0 unspecified atom stereocenters. The van der Waals surface area contributed by atoms with Crippen molar-refractivity contribution in [3.63, 3.8) is 0 Å². The fourth-order valence-corrected chi connectivity index (χ4v) is 2.71. The molecule has 3 rings (SSSR count). The van der Waals surface area contributed by atoms with Crippen molar-refractivity contribution in [3.8, 4) is 17.0 Å². The Morgan fingerprint density at radius 2 is 1.96 bits per heavy atom. The van der Waals surface area contributed by atoms with E-state index in [0.29, 0.717) is 23.0 Å². The Hall–Kier alpha value is -2.92. The van der Waals surface area contributed by atoms with Crippen molar-refractivity contribution in [2.45, 2.75) is 13.3 Å². The molecule has 0 aliphatic carbocycles. The molecule has 1 aromatic heterocycles. The maximum absolute atomic E-state index is 14.5. The molecule has 0 saturated carbocycles. The molecule has 4 nitrogen and oxygen atoms in total. The van der Waals surface area contributed by atoms with Crippen LogP contribution >= 0.6 is 11.6 Å². The van der Waals surface area contributed by atoms with E-state index < -0.39 is 11.7 Å². The predicted molar refractivity (Wildman–Crippen MR) is 105 cm³/mol. The predicted octanol–water partition coefficient (Wildman–Crippen LogP) is 5.58. The first-order valence-electron chi connectivity index (χ1n) is 8.53. The lowest BCUT2D eigenvalue weighted by Gasteiger charge is -2.09. The third-order valence-electron chi connectivity index (χ3n) is 3.83. The van der Waals surface area contributed by atoms with Gasteiger partial charge in [0.15, 0.2) is 0 Å². The zero-order valence-electron chi connectivity index (χ0n) is 14.7. The summed E-state index contributed by atoms with van der Waals surface area (Å²) in [5, 5.41) is 3.08. The molecule has 1 amide bonds. The number of hydrogen-bond acceptors (Lipinski definition) is 3. The number of aromatic nitrogens is 1. The van der Waals surface area contributed by atoms with Crippen molar-refractivity contribution in [2.75, 3.05) is 11.9 Å². The van der Waals surface area contributed by atoms with Gasteiger partial charge in [0.2, 0.25) is 0 Å². The van der Waals surface area contributed by atoms with Crippen LogP contribution < -0.4 is 10.1 Å². The third-order valence-corrected chi connectivity index (χ3v) is 4.13. The lowest BCUT2D eigenvalue weighted by Crippen LogP contribution is -2.12. The number of halogens is 2. The van der Waals surface area contributed by atoms with Crippen LogP contribution in [0, 0.1) is 5.82 Å². The first-order chi connectivity index (χ1) is 13.1. The van der Waals surface area contributed by atoms with Crippen molar-refractivity contribution < 1.29 is 13.9 Å². The zero-order valence-corrected chi connectivity index (χ0v) is 15.5. The van der Waals surface area contributed by atoms with Gasteiger partial charge in [0, 0.05) is 23.0 Å². The van der Waals surface area contributed by atoms with E-state index in [1.54, 1.807) is 36.4 Å². The van der Waals surface area contributed by atoms with E-state index in [9.17, 15) is 9.18 Å². The van der Waals surface area contributed by atoms with Crippen LogP contribution in [0.15, 0.2) is 60.8 Å². The Balaban J connectivity index is 1.74. The number of nitrogens with one attached hydrogen (secondary N) is 1. The lowest BCUT2D eigenvalue weighted by atomic mass is 10.1. The second-order valence-electron chi connectivity index (χ2n) is 5.86. The van der Waals surface area contributed by atoms with Crippen LogP contribution in [0.25, 0.3) is 11.3 Å². The van der Waals surface area contributed by atoms with Gasteiger partial charge < -0.3 is 10.1 Å². The minimum atomic E-state index is -0.563. The van der Waals surface area contributed by atoms with Gasteiger partial charge in [-0.1, -0.05) is 18.5 Å². The fourth-order valence-electron chi connectivity index (χ4n) is 2.49. The Labute approximate surface area is 162 Å². The Kier molecular flexibility index (Phi) is 6.04. The smallest absolute Gasteiger partial charge is 0.255 e. The van der Waals surface area contributed by atoms with E-state index in [1.165, 1.54) is 24.4 Å². The number of carbonyl (C=O) groups excluding carboxylic acids is 1. The van der Waals surface area contributed by atoms with E-state index in [4.69, 9.17) is 16.3 Å². The van der Waals surface area contributed by atoms with Gasteiger partial charge in [-0.2, -0.15) is 0 Å². The van der Waals surface area contributed by atoms with Crippen molar-refractivity contribution in [1.29, 1.82) is 0 Å². The SMILES string of the molecule is CCCOc1ccc(NC(=O)c2ccc(-c3ncccc3Cl)c(F)c2)cc1. The number of pyridine rings is 1. The van der Waals surface area contributed by atoms with Gasteiger partial charge in [0.1, 0.15) is 11.6 Å². The molecule has 138 valence electrons. The Bertz CT molecular complexity index is 945. The van der Waals surface area contributed by atoms with E-state index in [0.717, 1.165) is 12.2 Å². The molecule has 2 aromatic carbocycles. The molecule has 3 aromatic rings. The largest absolute Gasteiger partial charge is 0.494 e. The number of ether oxygens (including phenoxy) is 1. The minimum Gasteiger partial charge on any atom is -0.494 e. The van der Waals surface area contributed by atoms with Gasteiger partial charge in [-0.05, 0) is 61.0 Å². The van der Waals surface area contributed by atoms with Crippen molar-refractivity contribution >= 4 is 23.2 Å². The summed E-state index contributed by atoms with van der Waals surface area (Å²) in [6.45, 7) is 2.67.